The normalized spacial score (nSPS) is 16.8. The van der Waals surface area contributed by atoms with Gasteiger partial charge in [-0.25, -0.2) is 14.5 Å². The fourth-order valence-electron chi connectivity index (χ4n) is 2.45. The van der Waals surface area contributed by atoms with Crippen molar-refractivity contribution in [3.05, 3.63) is 29.7 Å². The molecule has 0 unspecified atom stereocenters. The number of aromatic nitrogens is 5. The highest BCUT2D eigenvalue weighted by molar-refractivity contribution is 7.14. The summed E-state index contributed by atoms with van der Waals surface area (Å²) in [6.45, 7) is 0.638. The zero-order chi connectivity index (χ0) is 15.6. The molecule has 3 aromatic rings. The predicted octanol–water partition coefficient (Wildman–Crippen LogP) is 1.99. The van der Waals surface area contributed by atoms with Crippen LogP contribution in [0.25, 0.3) is 10.7 Å². The zero-order valence-corrected chi connectivity index (χ0v) is 13.6. The molecule has 0 saturated carbocycles. The minimum Gasteiger partial charge on any atom is -0.333 e. The molecule has 3 aromatic heterocycles. The third kappa shape index (κ3) is 3.08. The highest BCUT2D eigenvalue weighted by atomic mass is 32.1. The van der Waals surface area contributed by atoms with Gasteiger partial charge in [-0.05, 0) is 17.9 Å². The molecule has 4 heterocycles. The van der Waals surface area contributed by atoms with Crippen molar-refractivity contribution in [2.75, 3.05) is 5.32 Å². The largest absolute Gasteiger partial charge is 0.333 e. The molecule has 0 fully saturated rings. The first-order valence-corrected chi connectivity index (χ1v) is 8.75. The molecule has 0 bridgehead atoms. The fraction of sp³-hybridized carbons (Fsp3) is 0.308. The van der Waals surface area contributed by atoms with E-state index in [9.17, 15) is 4.79 Å². The molecule has 2 amide bonds. The molecule has 10 heteroatoms. The number of rotatable bonds is 3. The lowest BCUT2D eigenvalue weighted by molar-refractivity contribution is 0.243. The van der Waals surface area contributed by atoms with E-state index in [1.54, 1.807) is 17.7 Å². The highest BCUT2D eigenvalue weighted by Gasteiger charge is 2.21. The molecule has 1 aliphatic heterocycles. The summed E-state index contributed by atoms with van der Waals surface area (Å²) in [5, 5.41) is 12.3. The Hall–Kier alpha value is -2.33. The summed E-state index contributed by atoms with van der Waals surface area (Å²) in [5.41, 5.74) is 0. The van der Waals surface area contributed by atoms with Crippen LogP contribution in [0.5, 0.6) is 0 Å². The maximum absolute atomic E-state index is 12.1. The van der Waals surface area contributed by atoms with Gasteiger partial charge in [0, 0.05) is 18.0 Å². The van der Waals surface area contributed by atoms with Crippen molar-refractivity contribution in [3.8, 4) is 10.7 Å². The van der Waals surface area contributed by atoms with E-state index in [2.05, 4.69) is 30.1 Å². The first kappa shape index (κ1) is 14.3. The lowest BCUT2D eigenvalue weighted by atomic mass is 10.1. The first-order valence-electron chi connectivity index (χ1n) is 7.10. The second-order valence-electron chi connectivity index (χ2n) is 5.09. The quantitative estimate of drug-likeness (QED) is 0.755. The Morgan fingerprint density at radius 2 is 2.39 bits per heavy atom. The second-order valence-corrected chi connectivity index (χ2v) is 6.79. The number of aryl methyl sites for hydroxylation is 1. The third-order valence-corrected chi connectivity index (χ3v) is 5.03. The Balaban J connectivity index is 1.36. The number of carbonyl (C=O) groups excluding carboxylic acids is 1. The molecule has 118 valence electrons. The average Bonchev–Trinajstić information content (AvgIpc) is 3.27. The molecule has 8 nitrogen and oxygen atoms in total. The molecule has 2 N–H and O–H groups in total. The minimum atomic E-state index is -0.271. The van der Waals surface area contributed by atoms with Gasteiger partial charge in [-0.2, -0.15) is 14.5 Å². The van der Waals surface area contributed by atoms with Crippen LogP contribution in [0.2, 0.25) is 0 Å². The van der Waals surface area contributed by atoms with Crippen LogP contribution in [0.3, 0.4) is 0 Å². The van der Waals surface area contributed by atoms with Gasteiger partial charge in [0.05, 0.1) is 17.5 Å². The molecular weight excluding hydrogens is 334 g/mol. The van der Waals surface area contributed by atoms with E-state index in [0.717, 1.165) is 23.5 Å². The summed E-state index contributed by atoms with van der Waals surface area (Å²) in [4.78, 5) is 21.6. The Morgan fingerprint density at radius 3 is 3.26 bits per heavy atom. The molecular formula is C13H13N7OS2. The summed E-state index contributed by atoms with van der Waals surface area (Å²) in [6.07, 6.45) is 3.21. The monoisotopic (exact) mass is 347 g/mol. The second kappa shape index (κ2) is 6.05. The first-order chi connectivity index (χ1) is 11.3. The van der Waals surface area contributed by atoms with E-state index in [1.165, 1.54) is 11.5 Å². The zero-order valence-electron chi connectivity index (χ0n) is 12.0. The summed E-state index contributed by atoms with van der Waals surface area (Å²) >= 11 is 2.74. The Morgan fingerprint density at radius 1 is 1.43 bits per heavy atom. The van der Waals surface area contributed by atoms with Crippen LogP contribution in [0.4, 0.5) is 9.93 Å². The van der Waals surface area contributed by atoms with Gasteiger partial charge in [0.25, 0.3) is 0 Å². The average molecular weight is 347 g/mol. The number of thiophene rings is 1. The standard InChI is InChI=1S/C13H13N7OS2/c21-12(16-8-3-4-10-14-7-15-20(10)6-8)18-13-17-11(19-23-13)9-2-1-5-22-9/h1-2,5,7-8H,3-4,6H2,(H2,16,17,18,19,21)/t8-/m1/s1. The fourth-order valence-corrected chi connectivity index (χ4v) is 3.75. The molecule has 0 spiro atoms. The van der Waals surface area contributed by atoms with Crippen LogP contribution in [0, 0.1) is 0 Å². The van der Waals surface area contributed by atoms with E-state index >= 15 is 0 Å². The summed E-state index contributed by atoms with van der Waals surface area (Å²) < 4.78 is 6.09. The van der Waals surface area contributed by atoms with Crippen molar-refractivity contribution < 1.29 is 4.79 Å². The van der Waals surface area contributed by atoms with Crippen molar-refractivity contribution in [2.45, 2.75) is 25.4 Å². The molecule has 0 aliphatic carbocycles. The van der Waals surface area contributed by atoms with Crippen LogP contribution in [0.1, 0.15) is 12.2 Å². The Labute approximate surface area is 139 Å². The van der Waals surface area contributed by atoms with Gasteiger partial charge in [-0.1, -0.05) is 6.07 Å². The summed E-state index contributed by atoms with van der Waals surface area (Å²) in [6, 6.07) is 3.66. The van der Waals surface area contributed by atoms with E-state index < -0.39 is 0 Å². The van der Waals surface area contributed by atoms with E-state index in [4.69, 9.17) is 0 Å². The Bertz CT molecular complexity index is 810. The van der Waals surface area contributed by atoms with Crippen molar-refractivity contribution in [1.29, 1.82) is 0 Å². The summed E-state index contributed by atoms with van der Waals surface area (Å²) in [7, 11) is 0. The number of fused-ring (bicyclic) bond motifs is 1. The van der Waals surface area contributed by atoms with Gasteiger partial charge in [0.1, 0.15) is 12.2 Å². The van der Waals surface area contributed by atoms with Crippen molar-refractivity contribution >= 4 is 34.0 Å². The number of hydrogen-bond acceptors (Lipinski definition) is 7. The van der Waals surface area contributed by atoms with Gasteiger partial charge in [0.2, 0.25) is 5.13 Å². The van der Waals surface area contributed by atoms with Crippen LogP contribution in [-0.4, -0.2) is 36.2 Å². The molecule has 1 atom stereocenters. The molecule has 4 rings (SSSR count). The lowest BCUT2D eigenvalue weighted by Crippen LogP contribution is -2.43. The lowest BCUT2D eigenvalue weighted by Gasteiger charge is -2.23. The van der Waals surface area contributed by atoms with Gasteiger partial charge >= 0.3 is 6.03 Å². The van der Waals surface area contributed by atoms with Gasteiger partial charge in [0.15, 0.2) is 5.82 Å². The number of nitrogens with zero attached hydrogens (tertiary/aromatic N) is 5. The van der Waals surface area contributed by atoms with Crippen LogP contribution in [-0.2, 0) is 13.0 Å². The number of nitrogens with one attached hydrogen (secondary N) is 2. The van der Waals surface area contributed by atoms with Crippen molar-refractivity contribution in [2.24, 2.45) is 0 Å². The minimum absolute atomic E-state index is 0.0360. The number of hydrogen-bond donors (Lipinski definition) is 2. The maximum Gasteiger partial charge on any atom is 0.321 e. The number of amides is 2. The SMILES string of the molecule is O=C(Nc1nc(-c2cccs2)ns1)N[C@@H]1CCc2ncnn2C1. The molecule has 0 saturated heterocycles. The van der Waals surface area contributed by atoms with E-state index in [1.807, 2.05) is 22.2 Å². The van der Waals surface area contributed by atoms with Crippen molar-refractivity contribution in [1.82, 2.24) is 29.4 Å². The number of anilines is 1. The summed E-state index contributed by atoms with van der Waals surface area (Å²) in [5.74, 6) is 1.61. The topological polar surface area (TPSA) is 97.6 Å². The van der Waals surface area contributed by atoms with Gasteiger partial charge in [-0.3, -0.25) is 5.32 Å². The molecule has 1 aliphatic rings. The molecule has 0 radical (unpaired) electrons. The molecule has 0 aromatic carbocycles. The third-order valence-electron chi connectivity index (χ3n) is 3.53. The molecule has 23 heavy (non-hydrogen) atoms. The number of urea groups is 1. The maximum atomic E-state index is 12.1. The van der Waals surface area contributed by atoms with Gasteiger partial charge < -0.3 is 5.32 Å². The smallest absolute Gasteiger partial charge is 0.321 e. The number of carbonyl (C=O) groups is 1. The van der Waals surface area contributed by atoms with E-state index in [0.29, 0.717) is 17.5 Å². The van der Waals surface area contributed by atoms with Crippen molar-refractivity contribution in [3.63, 3.8) is 0 Å². The van der Waals surface area contributed by atoms with Crippen LogP contribution < -0.4 is 10.6 Å². The van der Waals surface area contributed by atoms with Crippen LogP contribution in [0.15, 0.2) is 23.8 Å². The predicted molar refractivity (Wildman–Crippen MR) is 87.5 cm³/mol. The van der Waals surface area contributed by atoms with E-state index in [-0.39, 0.29) is 12.1 Å². The van der Waals surface area contributed by atoms with Gasteiger partial charge in [-0.15, -0.1) is 11.3 Å². The van der Waals surface area contributed by atoms with Crippen LogP contribution >= 0.6 is 22.9 Å². The highest BCUT2D eigenvalue weighted by Crippen LogP contribution is 2.25. The Kier molecular flexibility index (Phi) is 3.75.